The summed E-state index contributed by atoms with van der Waals surface area (Å²) >= 11 is 0. The Morgan fingerprint density at radius 1 is 1.11 bits per heavy atom. The highest BCUT2D eigenvalue weighted by molar-refractivity contribution is 5.85. The first kappa shape index (κ1) is 15.1. The van der Waals surface area contributed by atoms with Crippen LogP contribution in [-0.2, 0) is 4.79 Å². The molecule has 3 nitrogen and oxygen atoms in total. The van der Waals surface area contributed by atoms with Gasteiger partial charge in [-0.3, -0.25) is 4.79 Å². The summed E-state index contributed by atoms with van der Waals surface area (Å²) in [4.78, 5) is 12.4. The van der Waals surface area contributed by atoms with Gasteiger partial charge in [-0.05, 0) is 50.5 Å². The van der Waals surface area contributed by atoms with E-state index in [1.165, 1.54) is 32.1 Å². The lowest BCUT2D eigenvalue weighted by atomic mass is 9.89. The van der Waals surface area contributed by atoms with E-state index < -0.39 is 0 Å². The number of rotatable bonds is 2. The molecule has 3 fully saturated rings. The topological polar surface area (TPSA) is 41.1 Å². The molecule has 0 bridgehead atoms. The predicted octanol–water partition coefficient (Wildman–Crippen LogP) is 2.35. The molecule has 5 unspecified atom stereocenters. The van der Waals surface area contributed by atoms with Gasteiger partial charge in [0.2, 0.25) is 5.91 Å². The number of amides is 1. The second-order valence-electron chi connectivity index (χ2n) is 6.68. The van der Waals surface area contributed by atoms with Crippen LogP contribution in [-0.4, -0.2) is 24.5 Å². The fraction of sp³-hybridized carbons (Fsp3) is 0.933. The number of fused-ring (bicyclic) bond motifs is 1. The van der Waals surface area contributed by atoms with E-state index in [9.17, 15) is 4.79 Å². The molecule has 0 aromatic heterocycles. The molecule has 1 amide bonds. The summed E-state index contributed by atoms with van der Waals surface area (Å²) in [5.41, 5.74) is 0. The average Bonchev–Trinajstić information content (AvgIpc) is 3.08. The van der Waals surface area contributed by atoms with Crippen LogP contribution in [0.5, 0.6) is 0 Å². The molecule has 1 saturated heterocycles. The van der Waals surface area contributed by atoms with Gasteiger partial charge in [-0.25, -0.2) is 0 Å². The minimum absolute atomic E-state index is 0. The molecule has 4 heteroatoms. The molecule has 2 N–H and O–H groups in total. The van der Waals surface area contributed by atoms with Crippen molar-refractivity contribution in [1.29, 1.82) is 0 Å². The van der Waals surface area contributed by atoms with Crippen LogP contribution in [0.1, 0.15) is 46.0 Å². The molecule has 1 heterocycles. The van der Waals surface area contributed by atoms with Crippen molar-refractivity contribution in [3.8, 4) is 0 Å². The van der Waals surface area contributed by atoms with Gasteiger partial charge in [0, 0.05) is 18.0 Å². The van der Waals surface area contributed by atoms with Crippen LogP contribution in [0.3, 0.4) is 0 Å². The number of halogens is 1. The summed E-state index contributed by atoms with van der Waals surface area (Å²) < 4.78 is 0. The van der Waals surface area contributed by atoms with Crippen LogP contribution in [0.4, 0.5) is 0 Å². The third-order valence-corrected chi connectivity index (χ3v) is 5.49. The van der Waals surface area contributed by atoms with E-state index in [1.807, 2.05) is 0 Å². The maximum Gasteiger partial charge on any atom is 0.223 e. The van der Waals surface area contributed by atoms with E-state index in [0.717, 1.165) is 18.4 Å². The van der Waals surface area contributed by atoms with E-state index in [-0.39, 0.29) is 12.4 Å². The smallest absolute Gasteiger partial charge is 0.223 e. The minimum atomic E-state index is 0. The Kier molecular flexibility index (Phi) is 4.78. The summed E-state index contributed by atoms with van der Waals surface area (Å²) in [5.74, 6) is 2.75. The molecule has 19 heavy (non-hydrogen) atoms. The third kappa shape index (κ3) is 2.92. The summed E-state index contributed by atoms with van der Waals surface area (Å²) in [6.45, 7) is 5.55. The molecule has 2 aliphatic carbocycles. The van der Waals surface area contributed by atoms with E-state index in [1.54, 1.807) is 0 Å². The normalized spacial score (nSPS) is 44.7. The number of hydrogen-bond acceptors (Lipinski definition) is 2. The van der Waals surface area contributed by atoms with Gasteiger partial charge in [0.25, 0.3) is 0 Å². The van der Waals surface area contributed by atoms with Gasteiger partial charge in [-0.15, -0.1) is 12.4 Å². The van der Waals surface area contributed by atoms with E-state index in [2.05, 4.69) is 24.5 Å². The highest BCUT2D eigenvalue weighted by Crippen LogP contribution is 2.55. The highest BCUT2D eigenvalue weighted by atomic mass is 35.5. The third-order valence-electron chi connectivity index (χ3n) is 5.49. The van der Waals surface area contributed by atoms with Crippen LogP contribution < -0.4 is 10.6 Å². The molecule has 3 rings (SSSR count). The zero-order valence-electron chi connectivity index (χ0n) is 12.0. The molecule has 2 saturated carbocycles. The van der Waals surface area contributed by atoms with Gasteiger partial charge in [-0.1, -0.05) is 19.8 Å². The molecule has 5 atom stereocenters. The molecule has 1 aliphatic heterocycles. The summed E-state index contributed by atoms with van der Waals surface area (Å²) in [5, 5.41) is 6.81. The predicted molar refractivity (Wildman–Crippen MR) is 79.4 cm³/mol. The number of piperidine rings is 1. The van der Waals surface area contributed by atoms with Crippen molar-refractivity contribution in [2.45, 2.75) is 58.0 Å². The fourth-order valence-electron chi connectivity index (χ4n) is 4.25. The first-order chi connectivity index (χ1) is 8.68. The van der Waals surface area contributed by atoms with Crippen molar-refractivity contribution in [1.82, 2.24) is 10.6 Å². The van der Waals surface area contributed by atoms with Crippen molar-refractivity contribution >= 4 is 18.3 Å². The van der Waals surface area contributed by atoms with Crippen LogP contribution in [0.15, 0.2) is 0 Å². The summed E-state index contributed by atoms with van der Waals surface area (Å²) in [7, 11) is 0. The van der Waals surface area contributed by atoms with Gasteiger partial charge in [0.05, 0.1) is 0 Å². The maximum absolute atomic E-state index is 12.4. The van der Waals surface area contributed by atoms with E-state index >= 15 is 0 Å². The van der Waals surface area contributed by atoms with Crippen LogP contribution >= 0.6 is 12.4 Å². The van der Waals surface area contributed by atoms with Crippen molar-refractivity contribution in [3.05, 3.63) is 0 Å². The average molecular weight is 287 g/mol. The summed E-state index contributed by atoms with van der Waals surface area (Å²) in [6.07, 6.45) is 6.42. The first-order valence-electron chi connectivity index (χ1n) is 7.72. The Hall–Kier alpha value is -0.280. The van der Waals surface area contributed by atoms with Gasteiger partial charge in [0.15, 0.2) is 0 Å². The van der Waals surface area contributed by atoms with Crippen molar-refractivity contribution in [3.63, 3.8) is 0 Å². The Balaban J connectivity index is 0.00000133. The van der Waals surface area contributed by atoms with Crippen molar-refractivity contribution in [2.24, 2.45) is 23.7 Å². The van der Waals surface area contributed by atoms with Gasteiger partial charge >= 0.3 is 0 Å². The van der Waals surface area contributed by atoms with Gasteiger partial charge < -0.3 is 10.6 Å². The first-order valence-corrected chi connectivity index (χ1v) is 7.72. The van der Waals surface area contributed by atoms with Gasteiger partial charge in [-0.2, -0.15) is 0 Å². The Morgan fingerprint density at radius 3 is 2.32 bits per heavy atom. The lowest BCUT2D eigenvalue weighted by Crippen LogP contribution is -2.56. The molecule has 0 aromatic carbocycles. The Labute approximate surface area is 122 Å². The lowest BCUT2D eigenvalue weighted by molar-refractivity contribution is -0.124. The van der Waals surface area contributed by atoms with Crippen LogP contribution in [0.2, 0.25) is 0 Å². The monoisotopic (exact) mass is 286 g/mol. The zero-order valence-corrected chi connectivity index (χ0v) is 12.8. The number of nitrogens with one attached hydrogen (secondary N) is 2. The van der Waals surface area contributed by atoms with Crippen LogP contribution in [0, 0.1) is 23.7 Å². The van der Waals surface area contributed by atoms with Crippen LogP contribution in [0.25, 0.3) is 0 Å². The maximum atomic E-state index is 12.4. The van der Waals surface area contributed by atoms with Crippen molar-refractivity contribution < 1.29 is 4.79 Å². The molecular formula is C15H27ClN2O. The zero-order chi connectivity index (χ0) is 12.7. The van der Waals surface area contributed by atoms with Crippen molar-refractivity contribution in [2.75, 3.05) is 6.54 Å². The van der Waals surface area contributed by atoms with E-state index in [4.69, 9.17) is 0 Å². The molecule has 3 aliphatic rings. The van der Waals surface area contributed by atoms with Gasteiger partial charge in [0.1, 0.15) is 0 Å². The lowest BCUT2D eigenvalue weighted by Gasteiger charge is -2.36. The Bertz CT molecular complexity index is 314. The fourth-order valence-corrected chi connectivity index (χ4v) is 4.25. The number of hydrogen-bond donors (Lipinski definition) is 2. The standard InChI is InChI=1S/C15H26N2O.ClH/c1-9-7-8-16-10(2)14(9)17-15(18)13-11-5-3-4-6-12(11)13;/h9-14,16H,3-8H2,1-2H3,(H,17,18);1H. The largest absolute Gasteiger partial charge is 0.351 e. The quantitative estimate of drug-likeness (QED) is 0.818. The second kappa shape index (κ2) is 6.01. The second-order valence-corrected chi connectivity index (χ2v) is 6.68. The molecule has 110 valence electrons. The Morgan fingerprint density at radius 2 is 1.74 bits per heavy atom. The SMILES string of the molecule is CC1CCNC(C)C1NC(=O)C1C2CCCCC21.Cl. The highest BCUT2D eigenvalue weighted by Gasteiger charge is 2.55. The minimum Gasteiger partial charge on any atom is -0.351 e. The number of carbonyl (C=O) groups excluding carboxylic acids is 1. The van der Waals surface area contributed by atoms with E-state index in [0.29, 0.717) is 29.8 Å². The molecule has 0 spiro atoms. The molecular weight excluding hydrogens is 260 g/mol. The number of carbonyl (C=O) groups is 1. The summed E-state index contributed by atoms with van der Waals surface area (Å²) in [6, 6.07) is 0.743. The molecule has 0 aromatic rings. The molecule has 0 radical (unpaired) electrons.